The Morgan fingerprint density at radius 1 is 1.15 bits per heavy atom. The SMILES string of the molecule is CN=C(NCCNC(=O)OC(C)(C)C)N1CCC(OCCCOC)CC1. The van der Waals surface area contributed by atoms with Crippen LogP contribution in [0.15, 0.2) is 4.99 Å². The molecule has 0 radical (unpaired) electrons. The Kier molecular flexibility index (Phi) is 10.3. The van der Waals surface area contributed by atoms with Crippen molar-refractivity contribution in [2.45, 2.75) is 51.7 Å². The van der Waals surface area contributed by atoms with Crippen LogP contribution < -0.4 is 10.6 Å². The molecule has 26 heavy (non-hydrogen) atoms. The molecule has 1 amide bonds. The summed E-state index contributed by atoms with van der Waals surface area (Å²) in [5.41, 5.74) is -0.483. The minimum absolute atomic E-state index is 0.315. The van der Waals surface area contributed by atoms with Crippen LogP contribution in [-0.2, 0) is 14.2 Å². The molecule has 0 aromatic rings. The number of piperidine rings is 1. The number of amides is 1. The molecule has 8 nitrogen and oxygen atoms in total. The maximum Gasteiger partial charge on any atom is 0.407 e. The van der Waals surface area contributed by atoms with Crippen LogP contribution in [0.5, 0.6) is 0 Å². The second-order valence-electron chi connectivity index (χ2n) is 7.31. The van der Waals surface area contributed by atoms with E-state index in [1.807, 2.05) is 20.8 Å². The molecule has 0 aromatic heterocycles. The molecule has 1 aliphatic rings. The Labute approximate surface area is 157 Å². The minimum atomic E-state index is -0.483. The van der Waals surface area contributed by atoms with Gasteiger partial charge in [0.25, 0.3) is 0 Å². The van der Waals surface area contributed by atoms with Crippen molar-refractivity contribution in [2.75, 3.05) is 53.6 Å². The maximum absolute atomic E-state index is 11.6. The second-order valence-corrected chi connectivity index (χ2v) is 7.31. The van der Waals surface area contributed by atoms with E-state index < -0.39 is 11.7 Å². The zero-order valence-corrected chi connectivity index (χ0v) is 17.0. The van der Waals surface area contributed by atoms with Gasteiger partial charge in [-0.05, 0) is 40.0 Å². The molecule has 1 rings (SSSR count). The number of hydrogen-bond donors (Lipinski definition) is 2. The molecule has 2 N–H and O–H groups in total. The average Bonchev–Trinajstić information content (AvgIpc) is 2.58. The predicted octanol–water partition coefficient (Wildman–Crippen LogP) is 1.60. The lowest BCUT2D eigenvalue weighted by atomic mass is 10.1. The highest BCUT2D eigenvalue weighted by atomic mass is 16.6. The zero-order chi connectivity index (χ0) is 19.4. The minimum Gasteiger partial charge on any atom is -0.444 e. The van der Waals surface area contributed by atoms with Gasteiger partial charge in [0.05, 0.1) is 6.10 Å². The molecule has 0 saturated carbocycles. The van der Waals surface area contributed by atoms with Gasteiger partial charge >= 0.3 is 6.09 Å². The molecule has 0 aliphatic carbocycles. The fourth-order valence-electron chi connectivity index (χ4n) is 2.67. The van der Waals surface area contributed by atoms with Gasteiger partial charge in [-0.3, -0.25) is 4.99 Å². The van der Waals surface area contributed by atoms with Gasteiger partial charge in [-0.1, -0.05) is 0 Å². The molecule has 0 atom stereocenters. The summed E-state index contributed by atoms with van der Waals surface area (Å²) in [5, 5.41) is 6.02. The number of methoxy groups -OCH3 is 1. The Bertz CT molecular complexity index is 429. The third kappa shape index (κ3) is 9.82. The van der Waals surface area contributed by atoms with Gasteiger partial charge in [-0.2, -0.15) is 0 Å². The lowest BCUT2D eigenvalue weighted by molar-refractivity contribution is 0.00989. The topological polar surface area (TPSA) is 84.4 Å². The molecular formula is C18H36N4O4. The zero-order valence-electron chi connectivity index (χ0n) is 17.0. The van der Waals surface area contributed by atoms with Crippen LogP contribution in [0, 0.1) is 0 Å². The average molecular weight is 373 g/mol. The molecule has 8 heteroatoms. The highest BCUT2D eigenvalue weighted by Gasteiger charge is 2.21. The number of hydrogen-bond acceptors (Lipinski definition) is 5. The molecule has 0 aromatic carbocycles. The van der Waals surface area contributed by atoms with Crippen LogP contribution in [0.1, 0.15) is 40.0 Å². The molecule has 1 saturated heterocycles. The molecule has 0 bridgehead atoms. The summed E-state index contributed by atoms with van der Waals surface area (Å²) < 4.78 is 16.1. The number of alkyl carbamates (subject to hydrolysis) is 1. The first kappa shape index (κ1) is 22.5. The van der Waals surface area contributed by atoms with Crippen LogP contribution in [-0.4, -0.2) is 82.2 Å². The second kappa shape index (κ2) is 12.0. The van der Waals surface area contributed by atoms with E-state index in [0.29, 0.717) is 19.2 Å². The number of guanidine groups is 1. The van der Waals surface area contributed by atoms with Crippen molar-refractivity contribution in [1.82, 2.24) is 15.5 Å². The van der Waals surface area contributed by atoms with Crippen molar-refractivity contribution in [2.24, 2.45) is 4.99 Å². The van der Waals surface area contributed by atoms with Crippen LogP contribution in [0.2, 0.25) is 0 Å². The standard InChI is InChI=1S/C18H36N4O4/c1-18(2,3)26-17(23)21-10-9-20-16(19-4)22-11-7-15(8-12-22)25-14-6-13-24-5/h15H,6-14H2,1-5H3,(H,19,20)(H,21,23). The van der Waals surface area contributed by atoms with E-state index >= 15 is 0 Å². The normalized spacial score (nSPS) is 16.5. The Morgan fingerprint density at radius 3 is 2.38 bits per heavy atom. The van der Waals surface area contributed by atoms with Crippen LogP contribution in [0.25, 0.3) is 0 Å². The summed E-state index contributed by atoms with van der Waals surface area (Å²) in [6, 6.07) is 0. The lowest BCUT2D eigenvalue weighted by Crippen LogP contribution is -2.48. The van der Waals surface area contributed by atoms with E-state index in [2.05, 4.69) is 20.5 Å². The monoisotopic (exact) mass is 372 g/mol. The first-order chi connectivity index (χ1) is 12.4. The number of carbonyl (C=O) groups is 1. The quantitative estimate of drug-likeness (QED) is 0.383. The number of carbonyl (C=O) groups excluding carboxylic acids is 1. The van der Waals surface area contributed by atoms with E-state index in [1.54, 1.807) is 14.2 Å². The van der Waals surface area contributed by atoms with E-state index in [4.69, 9.17) is 14.2 Å². The maximum atomic E-state index is 11.6. The predicted molar refractivity (Wildman–Crippen MR) is 103 cm³/mol. The smallest absolute Gasteiger partial charge is 0.407 e. The first-order valence-electron chi connectivity index (χ1n) is 9.38. The van der Waals surface area contributed by atoms with Crippen molar-refractivity contribution < 1.29 is 19.0 Å². The van der Waals surface area contributed by atoms with Gasteiger partial charge in [0, 0.05) is 53.6 Å². The summed E-state index contributed by atoms with van der Waals surface area (Å²) in [6.07, 6.45) is 2.83. The molecule has 152 valence electrons. The van der Waals surface area contributed by atoms with Gasteiger partial charge in [-0.25, -0.2) is 4.79 Å². The number of nitrogens with zero attached hydrogens (tertiary/aromatic N) is 2. The van der Waals surface area contributed by atoms with E-state index in [-0.39, 0.29) is 0 Å². The van der Waals surface area contributed by atoms with Gasteiger partial charge in [0.2, 0.25) is 0 Å². The molecule has 1 fully saturated rings. The van der Waals surface area contributed by atoms with Crippen LogP contribution in [0.4, 0.5) is 4.79 Å². The van der Waals surface area contributed by atoms with Crippen LogP contribution >= 0.6 is 0 Å². The van der Waals surface area contributed by atoms with E-state index in [0.717, 1.165) is 51.5 Å². The van der Waals surface area contributed by atoms with Gasteiger partial charge in [0.1, 0.15) is 5.60 Å². The molecule has 1 heterocycles. The van der Waals surface area contributed by atoms with Gasteiger partial charge < -0.3 is 29.7 Å². The highest BCUT2D eigenvalue weighted by Crippen LogP contribution is 2.14. The van der Waals surface area contributed by atoms with E-state index in [9.17, 15) is 4.79 Å². The summed E-state index contributed by atoms with van der Waals surface area (Å²) in [5.74, 6) is 0.855. The Morgan fingerprint density at radius 2 is 1.81 bits per heavy atom. The van der Waals surface area contributed by atoms with Crippen molar-refractivity contribution in [3.8, 4) is 0 Å². The number of rotatable bonds is 8. The number of likely N-dealkylation sites (tertiary alicyclic amines) is 1. The largest absolute Gasteiger partial charge is 0.444 e. The van der Waals surface area contributed by atoms with Gasteiger partial charge in [0.15, 0.2) is 5.96 Å². The van der Waals surface area contributed by atoms with Crippen molar-refractivity contribution in [3.05, 3.63) is 0 Å². The fourth-order valence-corrected chi connectivity index (χ4v) is 2.67. The summed E-state index contributed by atoms with van der Waals surface area (Å²) in [6.45, 7) is 9.93. The third-order valence-corrected chi connectivity index (χ3v) is 3.88. The summed E-state index contributed by atoms with van der Waals surface area (Å²) >= 11 is 0. The Balaban J connectivity index is 2.20. The van der Waals surface area contributed by atoms with Crippen molar-refractivity contribution in [3.63, 3.8) is 0 Å². The highest BCUT2D eigenvalue weighted by molar-refractivity contribution is 5.80. The fraction of sp³-hybridized carbons (Fsp3) is 0.889. The Hall–Kier alpha value is -1.54. The summed E-state index contributed by atoms with van der Waals surface area (Å²) in [7, 11) is 3.48. The lowest BCUT2D eigenvalue weighted by Gasteiger charge is -2.34. The van der Waals surface area contributed by atoms with Crippen molar-refractivity contribution in [1.29, 1.82) is 0 Å². The molecule has 0 spiro atoms. The van der Waals surface area contributed by atoms with Crippen LogP contribution in [0.3, 0.4) is 0 Å². The molecule has 1 aliphatic heterocycles. The summed E-state index contributed by atoms with van der Waals surface area (Å²) in [4.78, 5) is 18.2. The van der Waals surface area contributed by atoms with E-state index in [1.165, 1.54) is 0 Å². The third-order valence-electron chi connectivity index (χ3n) is 3.88. The number of nitrogens with one attached hydrogen (secondary N) is 2. The number of aliphatic imine (C=N–C) groups is 1. The molecular weight excluding hydrogens is 336 g/mol. The molecule has 0 unspecified atom stereocenters. The number of ether oxygens (including phenoxy) is 3. The van der Waals surface area contributed by atoms with Gasteiger partial charge in [-0.15, -0.1) is 0 Å². The first-order valence-corrected chi connectivity index (χ1v) is 9.38. The van der Waals surface area contributed by atoms with Crippen molar-refractivity contribution >= 4 is 12.1 Å².